The van der Waals surface area contributed by atoms with Crippen LogP contribution in [0.25, 0.3) is 0 Å². The Labute approximate surface area is 136 Å². The molecule has 0 saturated heterocycles. The number of nitrogens with two attached hydrogens (primary N) is 1. The van der Waals surface area contributed by atoms with Gasteiger partial charge in [0.25, 0.3) is 11.9 Å². The molecule has 7 heteroatoms. The van der Waals surface area contributed by atoms with Crippen LogP contribution < -0.4 is 11.1 Å². The van der Waals surface area contributed by atoms with Gasteiger partial charge in [0, 0.05) is 25.6 Å². The highest BCUT2D eigenvalue weighted by Gasteiger charge is 2.07. The average Bonchev–Trinajstić information content (AvgIpc) is 2.45. The van der Waals surface area contributed by atoms with E-state index in [1.54, 1.807) is 18.2 Å². The standard InChI is InChI=1S/C13H20ClN3O.C2H4O2/c1-3-17(4-2)8-7-16-13(18)10-5-6-12(15)11(14)9-10;1-2(3)4/h5-6,9H,3-4,7-8,15H2,1-2H3,(H,16,18);1H3,(H,3,4). The minimum Gasteiger partial charge on any atom is -0.481 e. The van der Waals surface area contributed by atoms with Gasteiger partial charge in [-0.25, -0.2) is 0 Å². The van der Waals surface area contributed by atoms with Crippen molar-refractivity contribution in [1.82, 2.24) is 10.2 Å². The van der Waals surface area contributed by atoms with Crippen molar-refractivity contribution in [3.8, 4) is 0 Å². The first-order chi connectivity index (χ1) is 10.3. The van der Waals surface area contributed by atoms with E-state index in [1.807, 2.05) is 0 Å². The first-order valence-electron chi connectivity index (χ1n) is 7.06. The van der Waals surface area contributed by atoms with Crippen molar-refractivity contribution in [3.05, 3.63) is 28.8 Å². The van der Waals surface area contributed by atoms with Gasteiger partial charge >= 0.3 is 0 Å². The summed E-state index contributed by atoms with van der Waals surface area (Å²) < 4.78 is 0. The Balaban J connectivity index is 0.000000980. The number of amides is 1. The number of carbonyl (C=O) groups excluding carboxylic acids is 1. The second-order valence-corrected chi connectivity index (χ2v) is 4.95. The van der Waals surface area contributed by atoms with E-state index >= 15 is 0 Å². The maximum Gasteiger partial charge on any atom is 0.300 e. The molecule has 0 bridgehead atoms. The van der Waals surface area contributed by atoms with Gasteiger partial charge < -0.3 is 21.1 Å². The van der Waals surface area contributed by atoms with Gasteiger partial charge in [-0.15, -0.1) is 0 Å². The number of anilines is 1. The van der Waals surface area contributed by atoms with Crippen LogP contribution in [0.3, 0.4) is 0 Å². The highest BCUT2D eigenvalue weighted by atomic mass is 35.5. The van der Waals surface area contributed by atoms with Gasteiger partial charge in [-0.1, -0.05) is 25.4 Å². The molecule has 4 N–H and O–H groups in total. The number of benzene rings is 1. The predicted octanol–water partition coefficient (Wildman–Crippen LogP) is 2.08. The number of carbonyl (C=O) groups is 2. The Morgan fingerprint density at radius 1 is 1.32 bits per heavy atom. The molecule has 0 aliphatic carbocycles. The number of rotatable bonds is 6. The SMILES string of the molecule is CC(=O)O.CCN(CC)CCNC(=O)c1ccc(N)c(Cl)c1. The number of carboxylic acids is 1. The number of aliphatic carboxylic acids is 1. The number of halogens is 1. The molecule has 1 amide bonds. The first-order valence-corrected chi connectivity index (χ1v) is 7.44. The Morgan fingerprint density at radius 2 is 1.86 bits per heavy atom. The van der Waals surface area contributed by atoms with E-state index in [0.717, 1.165) is 26.6 Å². The third-order valence-electron chi connectivity index (χ3n) is 2.87. The topological polar surface area (TPSA) is 95.7 Å². The summed E-state index contributed by atoms with van der Waals surface area (Å²) in [5.74, 6) is -0.955. The Hall–Kier alpha value is -1.79. The lowest BCUT2D eigenvalue weighted by molar-refractivity contribution is -0.134. The largest absolute Gasteiger partial charge is 0.481 e. The normalized spacial score (nSPS) is 9.86. The number of nitrogens with one attached hydrogen (secondary N) is 1. The molecule has 124 valence electrons. The average molecular weight is 330 g/mol. The lowest BCUT2D eigenvalue weighted by atomic mass is 10.2. The molecule has 0 fully saturated rings. The van der Waals surface area contributed by atoms with Crippen LogP contribution in [0.2, 0.25) is 5.02 Å². The molecule has 0 atom stereocenters. The molecule has 0 spiro atoms. The van der Waals surface area contributed by atoms with Gasteiger partial charge in [-0.2, -0.15) is 0 Å². The molecule has 0 radical (unpaired) electrons. The van der Waals surface area contributed by atoms with E-state index in [9.17, 15) is 4.79 Å². The molecule has 0 aliphatic rings. The van der Waals surface area contributed by atoms with Crippen molar-refractivity contribution in [2.24, 2.45) is 0 Å². The fourth-order valence-corrected chi connectivity index (χ4v) is 1.82. The second kappa shape index (κ2) is 10.9. The van der Waals surface area contributed by atoms with Gasteiger partial charge in [-0.3, -0.25) is 9.59 Å². The minimum atomic E-state index is -0.833. The highest BCUT2D eigenvalue weighted by molar-refractivity contribution is 6.33. The molecule has 0 saturated carbocycles. The molecule has 0 unspecified atom stereocenters. The summed E-state index contributed by atoms with van der Waals surface area (Å²) in [6.07, 6.45) is 0. The van der Waals surface area contributed by atoms with E-state index in [0.29, 0.717) is 22.8 Å². The quantitative estimate of drug-likeness (QED) is 0.694. The maximum absolute atomic E-state index is 11.8. The molecular formula is C15H24ClN3O3. The molecule has 22 heavy (non-hydrogen) atoms. The zero-order valence-electron chi connectivity index (χ0n) is 13.2. The van der Waals surface area contributed by atoms with Crippen LogP contribution in [-0.4, -0.2) is 48.1 Å². The van der Waals surface area contributed by atoms with Crippen molar-refractivity contribution in [2.45, 2.75) is 20.8 Å². The summed E-state index contributed by atoms with van der Waals surface area (Å²) in [7, 11) is 0. The van der Waals surface area contributed by atoms with Gasteiger partial charge in [0.15, 0.2) is 0 Å². The monoisotopic (exact) mass is 329 g/mol. The molecule has 6 nitrogen and oxygen atoms in total. The number of likely N-dealkylation sites (N-methyl/N-ethyl adjacent to an activating group) is 1. The third kappa shape index (κ3) is 8.49. The first kappa shape index (κ1) is 20.2. The van der Waals surface area contributed by atoms with Crippen molar-refractivity contribution >= 4 is 29.2 Å². The van der Waals surface area contributed by atoms with Gasteiger partial charge in [0.1, 0.15) is 0 Å². The van der Waals surface area contributed by atoms with Crippen molar-refractivity contribution < 1.29 is 14.7 Å². The van der Waals surface area contributed by atoms with E-state index in [4.69, 9.17) is 27.2 Å². The van der Waals surface area contributed by atoms with Crippen LogP contribution >= 0.6 is 11.6 Å². The van der Waals surface area contributed by atoms with Gasteiger partial charge in [-0.05, 0) is 31.3 Å². The van der Waals surface area contributed by atoms with Gasteiger partial charge in [0.2, 0.25) is 0 Å². The second-order valence-electron chi connectivity index (χ2n) is 4.54. The van der Waals surface area contributed by atoms with Crippen LogP contribution in [-0.2, 0) is 4.79 Å². The van der Waals surface area contributed by atoms with E-state index < -0.39 is 5.97 Å². The van der Waals surface area contributed by atoms with Crippen LogP contribution in [0.1, 0.15) is 31.1 Å². The Morgan fingerprint density at radius 3 is 2.32 bits per heavy atom. The molecular weight excluding hydrogens is 306 g/mol. The van der Waals surface area contributed by atoms with Crippen LogP contribution in [0.4, 0.5) is 5.69 Å². The maximum atomic E-state index is 11.8. The molecule has 0 aliphatic heterocycles. The number of hydrogen-bond acceptors (Lipinski definition) is 4. The zero-order chi connectivity index (χ0) is 17.1. The van der Waals surface area contributed by atoms with Gasteiger partial charge in [0.05, 0.1) is 10.7 Å². The predicted molar refractivity (Wildman–Crippen MR) is 89.3 cm³/mol. The Kier molecular flexibility index (Phi) is 9.98. The number of nitrogen functional groups attached to an aromatic ring is 1. The Bertz CT molecular complexity index is 487. The summed E-state index contributed by atoms with van der Waals surface area (Å²) >= 11 is 5.87. The van der Waals surface area contributed by atoms with E-state index in [-0.39, 0.29) is 5.91 Å². The molecule has 1 rings (SSSR count). The van der Waals surface area contributed by atoms with Crippen molar-refractivity contribution in [2.75, 3.05) is 31.9 Å². The lowest BCUT2D eigenvalue weighted by Crippen LogP contribution is -2.34. The fraction of sp³-hybridized carbons (Fsp3) is 0.467. The zero-order valence-corrected chi connectivity index (χ0v) is 14.0. The molecule has 0 aromatic heterocycles. The summed E-state index contributed by atoms with van der Waals surface area (Å²) in [4.78, 5) is 23.1. The lowest BCUT2D eigenvalue weighted by Gasteiger charge is -2.18. The van der Waals surface area contributed by atoms with Crippen LogP contribution in [0.15, 0.2) is 18.2 Å². The summed E-state index contributed by atoms with van der Waals surface area (Å²) in [5.41, 5.74) is 6.61. The van der Waals surface area contributed by atoms with E-state index in [1.165, 1.54) is 0 Å². The van der Waals surface area contributed by atoms with E-state index in [2.05, 4.69) is 24.1 Å². The molecule has 1 aromatic carbocycles. The summed E-state index contributed by atoms with van der Waals surface area (Å²) in [6, 6.07) is 4.90. The number of carboxylic acid groups (broad SMARTS) is 1. The van der Waals surface area contributed by atoms with Crippen LogP contribution in [0.5, 0.6) is 0 Å². The fourth-order valence-electron chi connectivity index (χ4n) is 1.64. The molecule has 0 heterocycles. The highest BCUT2D eigenvalue weighted by Crippen LogP contribution is 2.19. The number of hydrogen-bond donors (Lipinski definition) is 3. The molecule has 1 aromatic rings. The van der Waals surface area contributed by atoms with Crippen molar-refractivity contribution in [1.29, 1.82) is 0 Å². The van der Waals surface area contributed by atoms with Crippen LogP contribution in [0, 0.1) is 0 Å². The number of nitrogens with zero attached hydrogens (tertiary/aromatic N) is 1. The summed E-state index contributed by atoms with van der Waals surface area (Å²) in [5, 5.41) is 10.7. The van der Waals surface area contributed by atoms with Crippen molar-refractivity contribution in [3.63, 3.8) is 0 Å². The summed E-state index contributed by atoms with van der Waals surface area (Å²) in [6.45, 7) is 8.74. The minimum absolute atomic E-state index is 0.121. The smallest absolute Gasteiger partial charge is 0.300 e. The third-order valence-corrected chi connectivity index (χ3v) is 3.20.